The van der Waals surface area contributed by atoms with Crippen molar-refractivity contribution in [1.29, 1.82) is 0 Å². The third kappa shape index (κ3) is 3.45. The Kier molecular flexibility index (Phi) is 4.90. The summed E-state index contributed by atoms with van der Waals surface area (Å²) < 4.78 is 0.816. The summed E-state index contributed by atoms with van der Waals surface area (Å²) in [5.41, 5.74) is 0. The minimum absolute atomic E-state index is 0.350. The summed E-state index contributed by atoms with van der Waals surface area (Å²) >= 11 is 7.55. The second-order valence-corrected chi connectivity index (χ2v) is 8.37. The number of thiophene rings is 1. The van der Waals surface area contributed by atoms with Gasteiger partial charge in [0.2, 0.25) is 5.91 Å². The molecule has 2 nitrogen and oxygen atoms in total. The first-order valence-electron chi connectivity index (χ1n) is 8.19. The van der Waals surface area contributed by atoms with Crippen LogP contribution in [0.25, 0.3) is 0 Å². The van der Waals surface area contributed by atoms with Crippen LogP contribution < -0.4 is 0 Å². The number of halogens is 1. The van der Waals surface area contributed by atoms with Crippen LogP contribution >= 0.6 is 22.9 Å². The van der Waals surface area contributed by atoms with E-state index in [0.29, 0.717) is 18.4 Å². The van der Waals surface area contributed by atoms with Crippen LogP contribution in [0.3, 0.4) is 0 Å². The molecule has 0 spiro atoms. The zero-order valence-corrected chi connectivity index (χ0v) is 14.3. The van der Waals surface area contributed by atoms with E-state index in [1.165, 1.54) is 37.0 Å². The zero-order chi connectivity index (χ0) is 14.8. The predicted octanol–water partition coefficient (Wildman–Crippen LogP) is 4.76. The molecule has 1 aliphatic heterocycles. The molecule has 3 rings (SSSR count). The van der Waals surface area contributed by atoms with Crippen LogP contribution in [0.15, 0.2) is 12.1 Å². The van der Waals surface area contributed by atoms with Gasteiger partial charge in [0.15, 0.2) is 0 Å². The number of fused-ring (bicyclic) bond motifs is 1. The maximum Gasteiger partial charge on any atom is 0.223 e. The highest BCUT2D eigenvalue weighted by molar-refractivity contribution is 7.16. The molecule has 1 aromatic rings. The van der Waals surface area contributed by atoms with E-state index in [1.54, 1.807) is 11.3 Å². The smallest absolute Gasteiger partial charge is 0.223 e. The van der Waals surface area contributed by atoms with Crippen molar-refractivity contribution in [3.63, 3.8) is 0 Å². The van der Waals surface area contributed by atoms with Crippen molar-refractivity contribution in [2.75, 3.05) is 6.54 Å². The van der Waals surface area contributed by atoms with Crippen LogP contribution in [-0.2, 0) is 11.2 Å². The van der Waals surface area contributed by atoms with Gasteiger partial charge in [-0.05, 0) is 49.7 Å². The van der Waals surface area contributed by atoms with E-state index >= 15 is 0 Å². The standard InChI is InChI=1S/C17H24ClNOS/c1-12-10-11-19(15-5-3-2-4-14(12)15)17(20)9-7-13-6-8-16(18)21-13/h6,8,12,14-15H,2-5,7,9-11H2,1H3. The number of amides is 1. The van der Waals surface area contributed by atoms with Crippen LogP contribution in [0.1, 0.15) is 50.3 Å². The lowest BCUT2D eigenvalue weighted by Gasteiger charge is -2.47. The first-order valence-corrected chi connectivity index (χ1v) is 9.38. The summed E-state index contributed by atoms with van der Waals surface area (Å²) in [5, 5.41) is 0. The summed E-state index contributed by atoms with van der Waals surface area (Å²) in [6.45, 7) is 3.34. The maximum absolute atomic E-state index is 12.6. The molecule has 3 atom stereocenters. The number of likely N-dealkylation sites (tertiary alicyclic amines) is 1. The summed E-state index contributed by atoms with van der Waals surface area (Å²) in [5.74, 6) is 1.88. The number of carbonyl (C=O) groups excluding carboxylic acids is 1. The fraction of sp³-hybridized carbons (Fsp3) is 0.706. The van der Waals surface area contributed by atoms with Crippen molar-refractivity contribution in [2.45, 2.75) is 57.9 Å². The van der Waals surface area contributed by atoms with Gasteiger partial charge < -0.3 is 4.90 Å². The third-order valence-corrected chi connectivity index (χ3v) is 6.56. The van der Waals surface area contributed by atoms with E-state index in [0.717, 1.165) is 29.1 Å². The van der Waals surface area contributed by atoms with E-state index in [9.17, 15) is 4.79 Å². The van der Waals surface area contributed by atoms with Crippen molar-refractivity contribution in [2.24, 2.45) is 11.8 Å². The molecule has 0 N–H and O–H groups in total. The molecule has 1 amide bonds. The molecule has 2 aliphatic rings. The van der Waals surface area contributed by atoms with Gasteiger partial charge in [-0.2, -0.15) is 0 Å². The average molecular weight is 326 g/mol. The van der Waals surface area contributed by atoms with Crippen molar-refractivity contribution in [3.8, 4) is 0 Å². The Morgan fingerprint density at radius 2 is 2.14 bits per heavy atom. The van der Waals surface area contributed by atoms with Crippen LogP contribution in [0.5, 0.6) is 0 Å². The number of hydrogen-bond donors (Lipinski definition) is 0. The van der Waals surface area contributed by atoms with Gasteiger partial charge >= 0.3 is 0 Å². The Hall–Kier alpha value is -0.540. The number of carbonyl (C=O) groups is 1. The number of piperidine rings is 1. The molecule has 3 unspecified atom stereocenters. The van der Waals surface area contributed by atoms with Gasteiger partial charge in [-0.15, -0.1) is 11.3 Å². The Morgan fingerprint density at radius 3 is 2.90 bits per heavy atom. The van der Waals surface area contributed by atoms with E-state index in [2.05, 4.69) is 11.8 Å². The fourth-order valence-electron chi connectivity index (χ4n) is 4.08. The maximum atomic E-state index is 12.6. The summed E-state index contributed by atoms with van der Waals surface area (Å²) in [4.78, 5) is 16.1. The zero-order valence-electron chi connectivity index (χ0n) is 12.7. The molecule has 1 aromatic heterocycles. The highest BCUT2D eigenvalue weighted by atomic mass is 35.5. The topological polar surface area (TPSA) is 20.3 Å². The van der Waals surface area contributed by atoms with Crippen molar-refractivity contribution in [3.05, 3.63) is 21.3 Å². The minimum atomic E-state index is 0.350. The lowest BCUT2D eigenvalue weighted by Crippen LogP contribution is -2.52. The van der Waals surface area contributed by atoms with Crippen LogP contribution in [-0.4, -0.2) is 23.4 Å². The average Bonchev–Trinajstić information content (AvgIpc) is 2.91. The molecule has 0 aromatic carbocycles. The van der Waals surface area contributed by atoms with E-state index in [-0.39, 0.29) is 0 Å². The number of rotatable bonds is 3. The molecular weight excluding hydrogens is 302 g/mol. The highest BCUT2D eigenvalue weighted by Crippen LogP contribution is 2.39. The molecule has 2 heterocycles. The quantitative estimate of drug-likeness (QED) is 0.784. The molecule has 0 radical (unpaired) electrons. The van der Waals surface area contributed by atoms with Crippen LogP contribution in [0.2, 0.25) is 4.34 Å². The molecule has 1 saturated heterocycles. The molecule has 1 aliphatic carbocycles. The lowest BCUT2D eigenvalue weighted by atomic mass is 9.72. The summed E-state index contributed by atoms with van der Waals surface area (Å²) in [6.07, 6.45) is 7.81. The van der Waals surface area contributed by atoms with Crippen LogP contribution in [0, 0.1) is 11.8 Å². The van der Waals surface area contributed by atoms with Gasteiger partial charge in [-0.1, -0.05) is 31.4 Å². The van der Waals surface area contributed by atoms with E-state index < -0.39 is 0 Å². The Bertz CT molecular complexity index is 501. The predicted molar refractivity (Wildman–Crippen MR) is 88.9 cm³/mol. The van der Waals surface area contributed by atoms with Gasteiger partial charge in [-0.3, -0.25) is 4.79 Å². The van der Waals surface area contributed by atoms with E-state index in [1.807, 2.05) is 12.1 Å². The normalized spacial score (nSPS) is 29.2. The van der Waals surface area contributed by atoms with Gasteiger partial charge in [0.1, 0.15) is 0 Å². The van der Waals surface area contributed by atoms with Gasteiger partial charge in [0, 0.05) is 23.9 Å². The molecular formula is C17H24ClNOS. The van der Waals surface area contributed by atoms with Gasteiger partial charge in [-0.25, -0.2) is 0 Å². The van der Waals surface area contributed by atoms with E-state index in [4.69, 9.17) is 11.6 Å². The first-order chi connectivity index (χ1) is 10.1. The van der Waals surface area contributed by atoms with Crippen molar-refractivity contribution < 1.29 is 4.79 Å². The molecule has 116 valence electrons. The molecule has 0 bridgehead atoms. The molecule has 1 saturated carbocycles. The summed E-state index contributed by atoms with van der Waals surface area (Å²) in [7, 11) is 0. The largest absolute Gasteiger partial charge is 0.339 e. The van der Waals surface area contributed by atoms with Crippen molar-refractivity contribution in [1.82, 2.24) is 4.90 Å². The number of nitrogens with zero attached hydrogens (tertiary/aromatic N) is 1. The minimum Gasteiger partial charge on any atom is -0.339 e. The second kappa shape index (κ2) is 6.70. The fourth-order valence-corrected chi connectivity index (χ4v) is 5.17. The van der Waals surface area contributed by atoms with Gasteiger partial charge in [0.25, 0.3) is 0 Å². The van der Waals surface area contributed by atoms with Crippen molar-refractivity contribution >= 4 is 28.8 Å². The number of aryl methyl sites for hydroxylation is 1. The molecule has 4 heteroatoms. The first kappa shape index (κ1) is 15.4. The highest BCUT2D eigenvalue weighted by Gasteiger charge is 2.38. The Balaban J connectivity index is 1.60. The second-order valence-electron chi connectivity index (χ2n) is 6.57. The van der Waals surface area contributed by atoms with Gasteiger partial charge in [0.05, 0.1) is 4.34 Å². The Morgan fingerprint density at radius 1 is 1.33 bits per heavy atom. The Labute approximate surface area is 136 Å². The monoisotopic (exact) mass is 325 g/mol. The van der Waals surface area contributed by atoms with Crippen LogP contribution in [0.4, 0.5) is 0 Å². The molecule has 2 fully saturated rings. The molecule has 21 heavy (non-hydrogen) atoms. The number of hydrogen-bond acceptors (Lipinski definition) is 2. The third-order valence-electron chi connectivity index (χ3n) is 5.27. The SMILES string of the molecule is CC1CCN(C(=O)CCc2ccc(Cl)s2)C2CCCCC12. The lowest BCUT2D eigenvalue weighted by molar-refractivity contribution is -0.139. The summed E-state index contributed by atoms with van der Waals surface area (Å²) in [6, 6.07) is 4.48.